The van der Waals surface area contributed by atoms with Crippen molar-refractivity contribution < 1.29 is 9.32 Å². The first-order valence-corrected chi connectivity index (χ1v) is 10.3. The molecule has 2 saturated heterocycles. The summed E-state index contributed by atoms with van der Waals surface area (Å²) in [5.41, 5.74) is 2.76. The molecule has 7 heteroatoms. The van der Waals surface area contributed by atoms with E-state index in [9.17, 15) is 4.79 Å². The zero-order valence-electron chi connectivity index (χ0n) is 16.5. The van der Waals surface area contributed by atoms with Gasteiger partial charge in [-0.25, -0.2) is 0 Å². The van der Waals surface area contributed by atoms with Gasteiger partial charge in [-0.1, -0.05) is 24.3 Å². The molecule has 2 aliphatic rings. The Morgan fingerprint density at radius 1 is 1.21 bits per heavy atom. The van der Waals surface area contributed by atoms with Crippen LogP contribution in [-0.2, 0) is 11.3 Å². The SMILES string of the molecule is Cc1ccccc1CN1CCC(CNC(=O)C2CCN(c3cnno3)CC2)C1. The summed E-state index contributed by atoms with van der Waals surface area (Å²) in [5.74, 6) is 1.54. The molecular weight excluding hydrogens is 354 g/mol. The van der Waals surface area contributed by atoms with E-state index in [4.69, 9.17) is 4.52 Å². The van der Waals surface area contributed by atoms with E-state index >= 15 is 0 Å². The van der Waals surface area contributed by atoms with Crippen LogP contribution in [0.3, 0.4) is 0 Å². The second-order valence-corrected chi connectivity index (χ2v) is 8.08. The summed E-state index contributed by atoms with van der Waals surface area (Å²) in [6.07, 6.45) is 4.47. The van der Waals surface area contributed by atoms with E-state index in [0.717, 1.165) is 58.5 Å². The van der Waals surface area contributed by atoms with Crippen LogP contribution in [0.25, 0.3) is 0 Å². The number of carbonyl (C=O) groups excluding carboxylic acids is 1. The number of amides is 1. The predicted molar refractivity (Wildman–Crippen MR) is 107 cm³/mol. The Morgan fingerprint density at radius 2 is 2.04 bits per heavy atom. The highest BCUT2D eigenvalue weighted by Crippen LogP contribution is 2.23. The number of aryl methyl sites for hydroxylation is 1. The summed E-state index contributed by atoms with van der Waals surface area (Å²) in [6, 6.07) is 8.59. The lowest BCUT2D eigenvalue weighted by atomic mass is 9.95. The second kappa shape index (κ2) is 8.73. The Labute approximate surface area is 166 Å². The number of nitrogens with one attached hydrogen (secondary N) is 1. The van der Waals surface area contributed by atoms with E-state index < -0.39 is 0 Å². The van der Waals surface area contributed by atoms with Crippen molar-refractivity contribution in [1.82, 2.24) is 20.6 Å². The topological polar surface area (TPSA) is 74.5 Å². The third kappa shape index (κ3) is 4.52. The average molecular weight is 383 g/mol. The van der Waals surface area contributed by atoms with E-state index in [1.54, 1.807) is 6.20 Å². The average Bonchev–Trinajstić information content (AvgIpc) is 3.40. The quantitative estimate of drug-likeness (QED) is 0.825. The fourth-order valence-electron chi connectivity index (χ4n) is 4.30. The van der Waals surface area contributed by atoms with Gasteiger partial charge in [-0.2, -0.15) is 0 Å². The van der Waals surface area contributed by atoms with Gasteiger partial charge in [0.05, 0.1) is 0 Å². The Balaban J connectivity index is 1.18. The molecule has 2 fully saturated rings. The van der Waals surface area contributed by atoms with Crippen molar-refractivity contribution in [3.05, 3.63) is 41.6 Å². The van der Waals surface area contributed by atoms with E-state index in [2.05, 4.69) is 56.7 Å². The van der Waals surface area contributed by atoms with Gasteiger partial charge in [0.15, 0.2) is 0 Å². The van der Waals surface area contributed by atoms with Crippen molar-refractivity contribution >= 4 is 11.8 Å². The third-order valence-electron chi connectivity index (χ3n) is 6.12. The van der Waals surface area contributed by atoms with Crippen LogP contribution >= 0.6 is 0 Å². The maximum absolute atomic E-state index is 12.6. The number of aromatic nitrogens is 2. The van der Waals surface area contributed by atoms with Crippen molar-refractivity contribution in [1.29, 1.82) is 0 Å². The smallest absolute Gasteiger partial charge is 0.247 e. The van der Waals surface area contributed by atoms with Crippen molar-refractivity contribution in [3.63, 3.8) is 0 Å². The molecular formula is C21H29N5O2. The van der Waals surface area contributed by atoms with Gasteiger partial charge in [-0.15, -0.1) is 5.10 Å². The number of anilines is 1. The van der Waals surface area contributed by atoms with Crippen LogP contribution in [-0.4, -0.2) is 53.9 Å². The molecule has 150 valence electrons. The zero-order valence-corrected chi connectivity index (χ0v) is 16.5. The fraction of sp³-hybridized carbons (Fsp3) is 0.571. The number of carbonyl (C=O) groups is 1. The highest BCUT2D eigenvalue weighted by atomic mass is 16.5. The summed E-state index contributed by atoms with van der Waals surface area (Å²) in [6.45, 7) is 7.75. The van der Waals surface area contributed by atoms with Gasteiger partial charge >= 0.3 is 0 Å². The van der Waals surface area contributed by atoms with E-state index in [1.807, 2.05) is 0 Å². The minimum Gasteiger partial charge on any atom is -0.356 e. The highest BCUT2D eigenvalue weighted by Gasteiger charge is 2.28. The molecule has 7 nitrogen and oxygen atoms in total. The maximum Gasteiger partial charge on any atom is 0.247 e. The summed E-state index contributed by atoms with van der Waals surface area (Å²) >= 11 is 0. The van der Waals surface area contributed by atoms with Crippen LogP contribution in [0.4, 0.5) is 5.88 Å². The highest BCUT2D eigenvalue weighted by molar-refractivity contribution is 5.78. The molecule has 4 rings (SSSR count). The first kappa shape index (κ1) is 18.9. The normalized spacial score (nSPS) is 21.2. The lowest BCUT2D eigenvalue weighted by Crippen LogP contribution is -2.42. The zero-order chi connectivity index (χ0) is 19.3. The Bertz CT molecular complexity index is 771. The van der Waals surface area contributed by atoms with Gasteiger partial charge < -0.3 is 14.7 Å². The van der Waals surface area contributed by atoms with Gasteiger partial charge in [0, 0.05) is 43.9 Å². The van der Waals surface area contributed by atoms with Crippen molar-refractivity contribution in [2.24, 2.45) is 11.8 Å². The molecule has 0 bridgehead atoms. The molecule has 1 N–H and O–H groups in total. The fourth-order valence-corrected chi connectivity index (χ4v) is 4.30. The summed E-state index contributed by atoms with van der Waals surface area (Å²) in [5, 5.41) is 10.4. The standard InChI is InChI=1S/C21H29N5O2/c1-16-4-2-3-5-19(16)15-25-9-6-17(14-25)12-22-21(27)18-7-10-26(11-8-18)20-13-23-24-28-20/h2-5,13,17-18H,6-12,14-15H2,1H3,(H,22,27). The number of likely N-dealkylation sites (tertiary alicyclic amines) is 1. The molecule has 2 aromatic rings. The van der Waals surface area contributed by atoms with E-state index in [0.29, 0.717) is 11.8 Å². The molecule has 1 aromatic heterocycles. The molecule has 0 saturated carbocycles. The third-order valence-corrected chi connectivity index (χ3v) is 6.12. The molecule has 0 aliphatic carbocycles. The van der Waals surface area contributed by atoms with Crippen LogP contribution in [0.2, 0.25) is 0 Å². The number of hydrogen-bond donors (Lipinski definition) is 1. The number of rotatable bonds is 6. The van der Waals surface area contributed by atoms with Gasteiger partial charge in [-0.05, 0) is 49.8 Å². The van der Waals surface area contributed by atoms with Crippen LogP contribution < -0.4 is 10.2 Å². The van der Waals surface area contributed by atoms with Crippen LogP contribution in [0.15, 0.2) is 35.0 Å². The Morgan fingerprint density at radius 3 is 2.79 bits per heavy atom. The van der Waals surface area contributed by atoms with Crippen LogP contribution in [0.1, 0.15) is 30.4 Å². The largest absolute Gasteiger partial charge is 0.356 e. The second-order valence-electron chi connectivity index (χ2n) is 8.08. The van der Waals surface area contributed by atoms with Gasteiger partial charge in [0.25, 0.3) is 0 Å². The molecule has 1 aromatic carbocycles. The predicted octanol–water partition coefficient (Wildman–Crippen LogP) is 2.23. The molecule has 1 unspecified atom stereocenters. The van der Waals surface area contributed by atoms with Crippen molar-refractivity contribution in [2.75, 3.05) is 37.6 Å². The molecule has 28 heavy (non-hydrogen) atoms. The van der Waals surface area contributed by atoms with Gasteiger partial charge in [0.2, 0.25) is 11.8 Å². The monoisotopic (exact) mass is 383 g/mol. The van der Waals surface area contributed by atoms with Gasteiger partial charge in [0.1, 0.15) is 6.20 Å². The number of benzene rings is 1. The number of piperidine rings is 1. The lowest BCUT2D eigenvalue weighted by molar-refractivity contribution is -0.125. The molecule has 1 atom stereocenters. The summed E-state index contributed by atoms with van der Waals surface area (Å²) in [4.78, 5) is 17.2. The van der Waals surface area contributed by atoms with Crippen molar-refractivity contribution in [2.45, 2.75) is 32.7 Å². The molecule has 0 radical (unpaired) electrons. The Kier molecular flexibility index (Phi) is 5.90. The van der Waals surface area contributed by atoms with Crippen molar-refractivity contribution in [3.8, 4) is 0 Å². The summed E-state index contributed by atoms with van der Waals surface area (Å²) < 4.78 is 5.10. The van der Waals surface area contributed by atoms with E-state index in [1.165, 1.54) is 11.1 Å². The molecule has 3 heterocycles. The minimum atomic E-state index is 0.0941. The first-order valence-electron chi connectivity index (χ1n) is 10.3. The van der Waals surface area contributed by atoms with E-state index in [-0.39, 0.29) is 11.8 Å². The number of nitrogens with zero attached hydrogens (tertiary/aromatic N) is 4. The molecule has 1 amide bonds. The maximum atomic E-state index is 12.6. The minimum absolute atomic E-state index is 0.0941. The Hall–Kier alpha value is -2.41. The van der Waals surface area contributed by atoms with Crippen LogP contribution in [0.5, 0.6) is 0 Å². The number of hydrogen-bond acceptors (Lipinski definition) is 6. The molecule has 0 spiro atoms. The van der Waals surface area contributed by atoms with Gasteiger partial charge in [-0.3, -0.25) is 9.69 Å². The summed E-state index contributed by atoms with van der Waals surface area (Å²) in [7, 11) is 0. The van der Waals surface area contributed by atoms with Crippen LogP contribution in [0, 0.1) is 18.8 Å². The first-order chi connectivity index (χ1) is 13.7. The molecule has 2 aliphatic heterocycles. The lowest BCUT2D eigenvalue weighted by Gasteiger charge is -2.30.